The summed E-state index contributed by atoms with van der Waals surface area (Å²) in [6.45, 7) is 0.777. The number of benzene rings is 2. The van der Waals surface area contributed by atoms with Gasteiger partial charge in [0.15, 0.2) is 8.80 Å². The third kappa shape index (κ3) is 3.73. The van der Waals surface area contributed by atoms with E-state index in [2.05, 4.69) is 126 Å². The van der Waals surface area contributed by atoms with Crippen molar-refractivity contribution in [3.63, 3.8) is 0 Å². The maximum atomic E-state index is 9.93. The van der Waals surface area contributed by atoms with Crippen LogP contribution in [-0.4, -0.2) is 33.3 Å². The van der Waals surface area contributed by atoms with Crippen molar-refractivity contribution in [2.24, 2.45) is 5.92 Å². The van der Waals surface area contributed by atoms with Gasteiger partial charge in [0.1, 0.15) is 0 Å². The van der Waals surface area contributed by atoms with Crippen molar-refractivity contribution >= 4 is 24.9 Å². The first-order valence-electron chi connectivity index (χ1n) is 12.3. The van der Waals surface area contributed by atoms with E-state index in [0.29, 0.717) is 0 Å². The number of para-hydroxylation sites is 1. The summed E-state index contributed by atoms with van der Waals surface area (Å²) in [4.78, 5) is 4.77. The highest BCUT2D eigenvalue weighted by atomic mass is 28.3. The fourth-order valence-electron chi connectivity index (χ4n) is 5.79. The maximum absolute atomic E-state index is 9.93. The first-order valence-corrected chi connectivity index (χ1v) is 13.8. The Morgan fingerprint density at radius 3 is 2.66 bits per heavy atom. The molecule has 0 fully saturated rings. The van der Waals surface area contributed by atoms with Crippen molar-refractivity contribution in [1.29, 1.82) is 5.26 Å². The second-order valence-corrected chi connectivity index (χ2v) is 11.9. The highest BCUT2D eigenvalue weighted by Crippen LogP contribution is 2.40. The van der Waals surface area contributed by atoms with E-state index >= 15 is 0 Å². The molecule has 2 atom stereocenters. The first kappa shape index (κ1) is 21.7. The van der Waals surface area contributed by atoms with Gasteiger partial charge in [-0.05, 0) is 40.9 Å². The molecule has 4 heteroatoms. The average Bonchev–Trinajstić information content (AvgIpc) is 2.92. The number of nitrogens with zero attached hydrogens (tertiary/aromatic N) is 3. The minimum atomic E-state index is -1.09. The summed E-state index contributed by atoms with van der Waals surface area (Å²) in [6.07, 6.45) is 20.0. The monoisotopic (exact) mass is 470 g/mol. The van der Waals surface area contributed by atoms with Crippen LogP contribution in [0.3, 0.4) is 0 Å². The summed E-state index contributed by atoms with van der Waals surface area (Å²) in [6, 6.07) is 22.6. The minimum absolute atomic E-state index is 0.104. The summed E-state index contributed by atoms with van der Waals surface area (Å²) in [5.74, 6) is 0.104. The van der Waals surface area contributed by atoms with Gasteiger partial charge >= 0.3 is 0 Å². The Morgan fingerprint density at radius 2 is 1.80 bits per heavy atom. The number of hydrogen-bond acceptors (Lipinski definition) is 3. The molecule has 3 nitrogen and oxygen atoms in total. The average molecular weight is 471 g/mol. The Balaban J connectivity index is 1.53. The number of hydrogen-bond donors (Lipinski definition) is 0. The zero-order valence-corrected chi connectivity index (χ0v) is 20.9. The van der Waals surface area contributed by atoms with Gasteiger partial charge in [-0.2, -0.15) is 5.26 Å². The molecule has 0 amide bonds. The highest BCUT2D eigenvalue weighted by molar-refractivity contribution is 6.92. The molecule has 171 valence electrons. The minimum Gasteiger partial charge on any atom is -0.376 e. The van der Waals surface area contributed by atoms with Crippen molar-refractivity contribution in [1.82, 2.24) is 4.90 Å². The van der Waals surface area contributed by atoms with E-state index in [1.54, 1.807) is 0 Å². The summed E-state index contributed by atoms with van der Waals surface area (Å²) in [5, 5.41) is 14.3. The molecular weight excluding hydrogens is 442 g/mol. The number of likely N-dealkylation sites (N-methyl/N-ethyl adjacent to an activating group) is 1. The third-order valence-electron chi connectivity index (χ3n) is 7.34. The van der Waals surface area contributed by atoms with Crippen LogP contribution in [0.1, 0.15) is 12.8 Å². The van der Waals surface area contributed by atoms with Crippen molar-refractivity contribution in [2.45, 2.75) is 18.9 Å². The van der Waals surface area contributed by atoms with E-state index < -0.39 is 8.80 Å². The molecule has 4 aliphatic rings. The first-order chi connectivity index (χ1) is 17.3. The number of rotatable bonds is 3. The van der Waals surface area contributed by atoms with Crippen LogP contribution in [0, 0.1) is 17.2 Å². The van der Waals surface area contributed by atoms with E-state index in [4.69, 9.17) is 0 Å². The molecule has 2 aromatic carbocycles. The Bertz CT molecular complexity index is 1370. The molecule has 35 heavy (non-hydrogen) atoms. The van der Waals surface area contributed by atoms with E-state index in [0.717, 1.165) is 30.5 Å². The summed E-state index contributed by atoms with van der Waals surface area (Å²) in [7, 11) is 0.989. The number of anilines is 1. The summed E-state index contributed by atoms with van der Waals surface area (Å²) < 4.78 is 0. The molecule has 0 saturated carbocycles. The van der Waals surface area contributed by atoms with Crippen LogP contribution in [0.15, 0.2) is 125 Å². The lowest BCUT2D eigenvalue weighted by Gasteiger charge is -2.46. The van der Waals surface area contributed by atoms with Gasteiger partial charge in [-0.1, -0.05) is 90.2 Å². The molecule has 6 rings (SSSR count). The zero-order chi connectivity index (χ0) is 23.8. The van der Waals surface area contributed by atoms with E-state index in [9.17, 15) is 5.26 Å². The van der Waals surface area contributed by atoms with E-state index in [1.807, 2.05) is 0 Å². The molecule has 2 unspecified atom stereocenters. The van der Waals surface area contributed by atoms with Crippen LogP contribution >= 0.6 is 0 Å². The van der Waals surface area contributed by atoms with Gasteiger partial charge in [0, 0.05) is 37.1 Å². The molecule has 0 saturated heterocycles. The Labute approximate surface area is 209 Å². The van der Waals surface area contributed by atoms with Gasteiger partial charge in [-0.15, -0.1) is 0 Å². The topological polar surface area (TPSA) is 30.3 Å². The van der Waals surface area contributed by atoms with Gasteiger partial charge in [-0.25, -0.2) is 0 Å². The fourth-order valence-corrected chi connectivity index (χ4v) is 8.77. The van der Waals surface area contributed by atoms with Gasteiger partial charge in [0.05, 0.1) is 17.7 Å². The Kier molecular flexibility index (Phi) is 5.64. The molecule has 2 aliphatic carbocycles. The molecule has 1 radical (unpaired) electrons. The van der Waals surface area contributed by atoms with Crippen molar-refractivity contribution in [3.8, 4) is 6.07 Å². The van der Waals surface area contributed by atoms with Crippen molar-refractivity contribution < 1.29 is 0 Å². The maximum Gasteiger partial charge on any atom is 0.159 e. The Morgan fingerprint density at radius 1 is 1.00 bits per heavy atom. The molecule has 0 spiro atoms. The molecule has 2 aromatic rings. The number of nitriles is 1. The normalized spacial score (nSPS) is 23.4. The van der Waals surface area contributed by atoms with Gasteiger partial charge in [0.25, 0.3) is 0 Å². The lowest BCUT2D eigenvalue weighted by Crippen LogP contribution is -2.54. The largest absolute Gasteiger partial charge is 0.376 e. The van der Waals surface area contributed by atoms with Crippen LogP contribution in [0.2, 0.25) is 0 Å². The molecular formula is C31H28N3Si. The van der Waals surface area contributed by atoms with E-state index in [-0.39, 0.29) is 12.0 Å². The lowest BCUT2D eigenvalue weighted by molar-refractivity contribution is 0.483. The molecule has 2 aliphatic heterocycles. The van der Waals surface area contributed by atoms with Crippen LogP contribution in [-0.2, 0) is 0 Å². The van der Waals surface area contributed by atoms with E-state index in [1.165, 1.54) is 27.0 Å². The van der Waals surface area contributed by atoms with Crippen LogP contribution in [0.25, 0.3) is 0 Å². The highest BCUT2D eigenvalue weighted by Gasteiger charge is 2.40. The van der Waals surface area contributed by atoms with Gasteiger partial charge in [0.2, 0.25) is 0 Å². The standard InChI is InChI=1S/C31H28N3Si/c1-33-20-19-23(21-32)26(22-33)25-13-5-6-14-27(25)34-28-15-7-9-17-30(28)35(24-11-3-2-4-12-24)31-18-10-8-16-29(31)34/h2-7,9-15,17-19,22,25,27H,8,16,20H2,1H3. The van der Waals surface area contributed by atoms with Gasteiger partial charge in [-0.3, -0.25) is 0 Å². The molecule has 0 N–H and O–H groups in total. The quantitative estimate of drug-likeness (QED) is 0.612. The third-order valence-corrected chi connectivity index (χ3v) is 10.2. The SMILES string of the molecule is CN1C=C(C2C=CC=CC2N2C3=C(C=CCC3)[Si](c3ccccc3)c3ccccc32)C(C#N)=CC1. The fraction of sp³-hybridized carbons (Fsp3) is 0.194. The predicted molar refractivity (Wildman–Crippen MR) is 146 cm³/mol. The second kappa shape index (κ2) is 9.09. The van der Waals surface area contributed by atoms with Gasteiger partial charge < -0.3 is 9.80 Å². The molecule has 2 heterocycles. The number of fused-ring (bicyclic) bond motifs is 1. The van der Waals surface area contributed by atoms with Crippen molar-refractivity contribution in [3.05, 3.63) is 125 Å². The van der Waals surface area contributed by atoms with Crippen molar-refractivity contribution in [2.75, 3.05) is 18.5 Å². The summed E-state index contributed by atoms with van der Waals surface area (Å²) in [5.41, 5.74) is 4.68. The van der Waals surface area contributed by atoms with Crippen LogP contribution in [0.5, 0.6) is 0 Å². The molecule has 0 aromatic heterocycles. The summed E-state index contributed by atoms with van der Waals surface area (Å²) >= 11 is 0. The lowest BCUT2D eigenvalue weighted by atomic mass is 9.82. The number of allylic oxidation sites excluding steroid dienone is 7. The smallest absolute Gasteiger partial charge is 0.159 e. The van der Waals surface area contributed by atoms with Crippen LogP contribution in [0.4, 0.5) is 5.69 Å². The Hall–Kier alpha value is -3.81. The predicted octanol–water partition coefficient (Wildman–Crippen LogP) is 4.65. The van der Waals surface area contributed by atoms with Crippen LogP contribution < -0.4 is 15.3 Å². The molecule has 0 bridgehead atoms. The zero-order valence-electron chi connectivity index (χ0n) is 19.9. The second-order valence-electron chi connectivity index (χ2n) is 9.47.